The van der Waals surface area contributed by atoms with Crippen molar-refractivity contribution in [3.8, 4) is 0 Å². The summed E-state index contributed by atoms with van der Waals surface area (Å²) >= 11 is 6.03. The maximum atomic E-state index is 14.0. The SMILES string of the molecule is Cc1ccc(N(CC(=O)N(CCc2ccccc2)[C@H](C)C(=O)NC2CCCC2)S(=O)(=O)c2ccc(Cl)cc2)cc1C. The second-order valence-corrected chi connectivity index (χ2v) is 13.0. The zero-order chi connectivity index (χ0) is 29.6. The number of benzene rings is 3. The molecule has 1 atom stereocenters. The van der Waals surface area contributed by atoms with E-state index >= 15 is 0 Å². The molecule has 0 spiro atoms. The van der Waals surface area contributed by atoms with Gasteiger partial charge in [-0.1, -0.05) is 60.8 Å². The summed E-state index contributed by atoms with van der Waals surface area (Å²) in [5.41, 5.74) is 3.30. The molecule has 4 rings (SSSR count). The molecule has 0 unspecified atom stereocenters. The minimum Gasteiger partial charge on any atom is -0.352 e. The average Bonchev–Trinajstić information content (AvgIpc) is 3.47. The Morgan fingerprint density at radius 2 is 1.61 bits per heavy atom. The van der Waals surface area contributed by atoms with E-state index in [1.807, 2.05) is 50.2 Å². The number of hydrogen-bond donors (Lipinski definition) is 1. The number of hydrogen-bond acceptors (Lipinski definition) is 4. The summed E-state index contributed by atoms with van der Waals surface area (Å²) < 4.78 is 29.0. The molecule has 1 aliphatic carbocycles. The number of halogens is 1. The summed E-state index contributed by atoms with van der Waals surface area (Å²) in [7, 11) is -4.13. The van der Waals surface area contributed by atoms with E-state index in [1.54, 1.807) is 19.1 Å². The first-order valence-corrected chi connectivity index (χ1v) is 15.9. The molecule has 0 saturated heterocycles. The summed E-state index contributed by atoms with van der Waals surface area (Å²) in [5, 5.41) is 3.50. The number of nitrogens with one attached hydrogen (secondary N) is 1. The lowest BCUT2D eigenvalue weighted by Crippen LogP contribution is -2.53. The van der Waals surface area contributed by atoms with Gasteiger partial charge in [-0.2, -0.15) is 0 Å². The van der Waals surface area contributed by atoms with E-state index in [0.717, 1.165) is 46.7 Å². The molecule has 0 aliphatic heterocycles. The van der Waals surface area contributed by atoms with Gasteiger partial charge < -0.3 is 10.2 Å². The van der Waals surface area contributed by atoms with Crippen molar-refractivity contribution < 1.29 is 18.0 Å². The van der Waals surface area contributed by atoms with Gasteiger partial charge in [0, 0.05) is 17.6 Å². The molecular weight excluding hydrogens is 558 g/mol. The molecule has 0 aromatic heterocycles. The van der Waals surface area contributed by atoms with Crippen LogP contribution < -0.4 is 9.62 Å². The van der Waals surface area contributed by atoms with Crippen LogP contribution in [0.5, 0.6) is 0 Å². The van der Waals surface area contributed by atoms with Crippen molar-refractivity contribution in [2.75, 3.05) is 17.4 Å². The number of aryl methyl sites for hydroxylation is 2. The number of amides is 2. The van der Waals surface area contributed by atoms with Crippen LogP contribution in [0.15, 0.2) is 77.7 Å². The first kappa shape index (κ1) is 30.6. The molecule has 1 N–H and O–H groups in total. The number of nitrogens with zero attached hydrogens (tertiary/aromatic N) is 2. The van der Waals surface area contributed by atoms with Gasteiger partial charge in [0.2, 0.25) is 11.8 Å². The predicted molar refractivity (Wildman–Crippen MR) is 164 cm³/mol. The normalized spacial score (nSPS) is 14.4. The van der Waals surface area contributed by atoms with E-state index in [-0.39, 0.29) is 23.4 Å². The highest BCUT2D eigenvalue weighted by Gasteiger charge is 2.33. The molecule has 0 heterocycles. The molecule has 1 fully saturated rings. The van der Waals surface area contributed by atoms with Crippen molar-refractivity contribution in [1.82, 2.24) is 10.2 Å². The Balaban J connectivity index is 1.66. The number of sulfonamides is 1. The Labute approximate surface area is 248 Å². The molecule has 7 nitrogen and oxygen atoms in total. The van der Waals surface area contributed by atoms with E-state index in [0.29, 0.717) is 17.1 Å². The maximum absolute atomic E-state index is 14.0. The van der Waals surface area contributed by atoms with Crippen LogP contribution in [0, 0.1) is 13.8 Å². The Morgan fingerprint density at radius 1 is 0.951 bits per heavy atom. The van der Waals surface area contributed by atoms with E-state index in [9.17, 15) is 18.0 Å². The second-order valence-electron chi connectivity index (χ2n) is 10.7. The quantitative estimate of drug-likeness (QED) is 0.309. The zero-order valence-corrected chi connectivity index (χ0v) is 25.4. The third-order valence-corrected chi connectivity index (χ3v) is 9.85. The van der Waals surface area contributed by atoms with Crippen LogP contribution in [0.4, 0.5) is 5.69 Å². The average molecular weight is 596 g/mol. The van der Waals surface area contributed by atoms with Crippen LogP contribution in [-0.2, 0) is 26.0 Å². The van der Waals surface area contributed by atoms with Gasteiger partial charge >= 0.3 is 0 Å². The lowest BCUT2D eigenvalue weighted by molar-refractivity contribution is -0.139. The molecule has 2 amide bonds. The summed E-state index contributed by atoms with van der Waals surface area (Å²) in [5.74, 6) is -0.678. The minimum atomic E-state index is -4.13. The van der Waals surface area contributed by atoms with E-state index in [4.69, 9.17) is 11.6 Å². The summed E-state index contributed by atoms with van der Waals surface area (Å²) in [6.45, 7) is 5.36. The van der Waals surface area contributed by atoms with Crippen molar-refractivity contribution in [1.29, 1.82) is 0 Å². The summed E-state index contributed by atoms with van der Waals surface area (Å²) in [6, 6.07) is 20.2. The highest BCUT2D eigenvalue weighted by Crippen LogP contribution is 2.27. The van der Waals surface area contributed by atoms with Gasteiger partial charge in [0.1, 0.15) is 12.6 Å². The van der Waals surface area contributed by atoms with Crippen LogP contribution in [0.1, 0.15) is 49.3 Å². The summed E-state index contributed by atoms with van der Waals surface area (Å²) in [6.07, 6.45) is 4.53. The lowest BCUT2D eigenvalue weighted by Gasteiger charge is -2.32. The van der Waals surface area contributed by atoms with Crippen LogP contribution in [0.3, 0.4) is 0 Å². The van der Waals surface area contributed by atoms with Crippen molar-refractivity contribution in [3.05, 3.63) is 94.5 Å². The number of carbonyl (C=O) groups is 2. The fraction of sp³-hybridized carbons (Fsp3) is 0.375. The first-order chi connectivity index (χ1) is 19.6. The Morgan fingerprint density at radius 3 is 2.24 bits per heavy atom. The van der Waals surface area contributed by atoms with Crippen molar-refractivity contribution >= 4 is 39.1 Å². The monoisotopic (exact) mass is 595 g/mol. The van der Waals surface area contributed by atoms with Gasteiger partial charge in [-0.25, -0.2) is 8.42 Å². The van der Waals surface area contributed by atoms with Gasteiger partial charge in [-0.05, 0) is 93.1 Å². The third kappa shape index (κ3) is 7.68. The minimum absolute atomic E-state index is 0.0239. The highest BCUT2D eigenvalue weighted by atomic mass is 35.5. The van der Waals surface area contributed by atoms with Gasteiger partial charge in [-0.3, -0.25) is 13.9 Å². The van der Waals surface area contributed by atoms with Crippen LogP contribution in [0.2, 0.25) is 5.02 Å². The highest BCUT2D eigenvalue weighted by molar-refractivity contribution is 7.92. The molecule has 3 aromatic rings. The number of rotatable bonds is 11. The largest absolute Gasteiger partial charge is 0.352 e. The van der Waals surface area contributed by atoms with Crippen LogP contribution in [-0.4, -0.2) is 50.3 Å². The molecule has 1 aliphatic rings. The molecule has 218 valence electrons. The van der Waals surface area contributed by atoms with Crippen molar-refractivity contribution in [2.24, 2.45) is 0 Å². The predicted octanol–water partition coefficient (Wildman–Crippen LogP) is 5.67. The number of anilines is 1. The van der Waals surface area contributed by atoms with Gasteiger partial charge in [0.05, 0.1) is 10.6 Å². The standard InChI is InChI=1S/C32H38ClN3O4S/c1-23-13-16-29(21-24(23)2)36(41(39,40)30-17-14-27(33)15-18-30)22-31(37)35(20-19-26-9-5-4-6-10-26)25(3)32(38)34-28-11-7-8-12-28/h4-6,9-10,13-18,21,25,28H,7-8,11-12,19-20,22H2,1-3H3,(H,34,38)/t25-/m1/s1. The first-order valence-electron chi connectivity index (χ1n) is 14.1. The molecule has 41 heavy (non-hydrogen) atoms. The van der Waals surface area contributed by atoms with Crippen molar-refractivity contribution in [3.63, 3.8) is 0 Å². The van der Waals surface area contributed by atoms with E-state index in [1.165, 1.54) is 29.2 Å². The Hall–Kier alpha value is -3.36. The molecule has 0 radical (unpaired) electrons. The van der Waals surface area contributed by atoms with Crippen LogP contribution >= 0.6 is 11.6 Å². The molecule has 9 heteroatoms. The second kappa shape index (κ2) is 13.5. The molecule has 1 saturated carbocycles. The summed E-state index contributed by atoms with van der Waals surface area (Å²) in [4.78, 5) is 28.9. The lowest BCUT2D eigenvalue weighted by atomic mass is 10.1. The third-order valence-electron chi connectivity index (χ3n) is 7.81. The van der Waals surface area contributed by atoms with E-state index in [2.05, 4.69) is 5.32 Å². The van der Waals surface area contributed by atoms with Gasteiger partial charge in [0.25, 0.3) is 10.0 Å². The Bertz CT molecular complexity index is 1460. The van der Waals surface area contributed by atoms with Crippen molar-refractivity contribution in [2.45, 2.75) is 69.9 Å². The number of carbonyl (C=O) groups excluding carboxylic acids is 2. The fourth-order valence-electron chi connectivity index (χ4n) is 5.11. The molecule has 0 bridgehead atoms. The smallest absolute Gasteiger partial charge is 0.264 e. The van der Waals surface area contributed by atoms with Gasteiger partial charge in [-0.15, -0.1) is 0 Å². The molecular formula is C32H38ClN3O4S. The van der Waals surface area contributed by atoms with E-state index < -0.39 is 28.5 Å². The van der Waals surface area contributed by atoms with Crippen LogP contribution in [0.25, 0.3) is 0 Å². The zero-order valence-electron chi connectivity index (χ0n) is 23.8. The Kier molecular flexibility index (Phi) is 10.1. The maximum Gasteiger partial charge on any atom is 0.264 e. The molecule has 3 aromatic carbocycles. The van der Waals surface area contributed by atoms with Gasteiger partial charge in [0.15, 0.2) is 0 Å². The topological polar surface area (TPSA) is 86.8 Å². The fourth-order valence-corrected chi connectivity index (χ4v) is 6.64.